The van der Waals surface area contributed by atoms with E-state index >= 15 is 0 Å². The Morgan fingerprint density at radius 3 is 3.04 bits per heavy atom. The molecule has 4 nitrogen and oxygen atoms in total. The molecule has 0 spiro atoms. The summed E-state index contributed by atoms with van der Waals surface area (Å²) in [6, 6.07) is 11.5. The molecule has 0 aliphatic rings. The van der Waals surface area contributed by atoms with E-state index in [1.807, 2.05) is 41.8 Å². The average Bonchev–Trinajstić information content (AvgIpc) is 3.20. The lowest BCUT2D eigenvalue weighted by Crippen LogP contribution is -2.16. The van der Waals surface area contributed by atoms with E-state index in [-0.39, 0.29) is 5.91 Å². The minimum atomic E-state index is -0.273. The minimum absolute atomic E-state index is 0.273. The Hall–Kier alpha value is -2.75. The molecule has 0 bridgehead atoms. The van der Waals surface area contributed by atoms with Crippen LogP contribution in [0.2, 0.25) is 0 Å². The van der Waals surface area contributed by atoms with Crippen molar-refractivity contribution in [3.63, 3.8) is 0 Å². The zero-order chi connectivity index (χ0) is 17.4. The van der Waals surface area contributed by atoms with E-state index in [0.29, 0.717) is 16.9 Å². The molecule has 0 radical (unpaired) electrons. The van der Waals surface area contributed by atoms with Crippen LogP contribution in [0, 0.1) is 19.3 Å². The average molecular weight is 363 g/mol. The number of benzene rings is 2. The highest BCUT2D eigenvalue weighted by atomic mass is 32.1. The maximum atomic E-state index is 12.7. The van der Waals surface area contributed by atoms with Gasteiger partial charge in [0.1, 0.15) is 0 Å². The first kappa shape index (κ1) is 15.8. The first-order chi connectivity index (χ1) is 12.2. The van der Waals surface area contributed by atoms with Gasteiger partial charge in [-0.15, -0.1) is 17.8 Å². The Kier molecular flexibility index (Phi) is 3.96. The predicted octanol–water partition coefficient (Wildman–Crippen LogP) is 4.00. The molecule has 6 heteroatoms. The number of hydrogen-bond donors (Lipinski definition) is 0. The summed E-state index contributed by atoms with van der Waals surface area (Å²) >= 11 is 2.98. The van der Waals surface area contributed by atoms with E-state index in [9.17, 15) is 4.79 Å². The number of carbonyl (C=O) groups excluding carboxylic acids is 1. The molecule has 0 fully saturated rings. The van der Waals surface area contributed by atoms with Crippen LogP contribution >= 0.6 is 22.7 Å². The highest BCUT2D eigenvalue weighted by molar-refractivity contribution is 7.17. The van der Waals surface area contributed by atoms with E-state index in [0.717, 1.165) is 26.0 Å². The van der Waals surface area contributed by atoms with Gasteiger partial charge in [-0.05, 0) is 36.8 Å². The molecule has 4 aromatic rings. The van der Waals surface area contributed by atoms with E-state index in [4.69, 9.17) is 6.42 Å². The molecular weight excluding hydrogens is 350 g/mol. The van der Waals surface area contributed by atoms with E-state index in [1.54, 1.807) is 11.6 Å². The second-order valence-corrected chi connectivity index (χ2v) is 7.44. The van der Waals surface area contributed by atoms with Crippen LogP contribution in [0.25, 0.3) is 20.4 Å². The number of thiazole rings is 2. The third-order valence-corrected chi connectivity index (χ3v) is 5.76. The van der Waals surface area contributed by atoms with Crippen molar-refractivity contribution in [2.24, 2.45) is 4.99 Å². The number of carbonyl (C=O) groups is 1. The van der Waals surface area contributed by atoms with Crippen LogP contribution in [0.4, 0.5) is 0 Å². The number of aryl methyl sites for hydroxylation is 1. The number of rotatable bonds is 2. The van der Waals surface area contributed by atoms with Crippen molar-refractivity contribution in [3.8, 4) is 12.3 Å². The molecule has 0 aliphatic heterocycles. The van der Waals surface area contributed by atoms with Gasteiger partial charge in [0.2, 0.25) is 0 Å². The monoisotopic (exact) mass is 363 g/mol. The van der Waals surface area contributed by atoms with Crippen molar-refractivity contribution in [2.45, 2.75) is 13.5 Å². The topological polar surface area (TPSA) is 47.2 Å². The normalized spacial score (nSPS) is 11.9. The van der Waals surface area contributed by atoms with Crippen LogP contribution in [0.1, 0.15) is 15.9 Å². The van der Waals surface area contributed by atoms with Gasteiger partial charge >= 0.3 is 0 Å². The summed E-state index contributed by atoms with van der Waals surface area (Å²) < 4.78 is 3.97. The van der Waals surface area contributed by atoms with Gasteiger partial charge in [0.25, 0.3) is 5.91 Å². The molecule has 0 unspecified atom stereocenters. The van der Waals surface area contributed by atoms with Gasteiger partial charge in [-0.25, -0.2) is 4.98 Å². The number of nitrogens with zero attached hydrogens (tertiary/aromatic N) is 3. The molecule has 2 heterocycles. The predicted molar refractivity (Wildman–Crippen MR) is 103 cm³/mol. The van der Waals surface area contributed by atoms with Gasteiger partial charge in [-0.2, -0.15) is 4.99 Å². The fraction of sp³-hybridized carbons (Fsp3) is 0.105. The summed E-state index contributed by atoms with van der Waals surface area (Å²) in [5.74, 6) is 2.38. The van der Waals surface area contributed by atoms with Crippen molar-refractivity contribution in [1.82, 2.24) is 9.55 Å². The maximum absolute atomic E-state index is 12.7. The van der Waals surface area contributed by atoms with Crippen LogP contribution in [-0.2, 0) is 6.54 Å². The molecule has 4 rings (SSSR count). The summed E-state index contributed by atoms with van der Waals surface area (Å²) in [4.78, 5) is 21.9. The molecule has 25 heavy (non-hydrogen) atoms. The molecule has 2 aromatic heterocycles. The minimum Gasteiger partial charge on any atom is -0.304 e. The summed E-state index contributed by atoms with van der Waals surface area (Å²) in [5.41, 5.74) is 5.37. The lowest BCUT2D eigenvalue weighted by molar-refractivity contribution is 0.0998. The van der Waals surface area contributed by atoms with Gasteiger partial charge in [-0.1, -0.05) is 29.4 Å². The zero-order valence-electron chi connectivity index (χ0n) is 13.4. The number of hydrogen-bond acceptors (Lipinski definition) is 4. The van der Waals surface area contributed by atoms with Gasteiger partial charge in [0.05, 0.1) is 32.5 Å². The third kappa shape index (κ3) is 2.78. The standard InChI is InChI=1S/C19H13N3OS2/c1-3-9-22-17-12(2)5-4-6-15(17)25-19(22)21-18(23)13-7-8-14-16(10-13)24-11-20-14/h1,4-8,10-11H,9H2,2H3. The summed E-state index contributed by atoms with van der Waals surface area (Å²) in [6.45, 7) is 2.41. The number of aromatic nitrogens is 2. The lowest BCUT2D eigenvalue weighted by atomic mass is 10.2. The van der Waals surface area contributed by atoms with Crippen LogP contribution in [0.15, 0.2) is 46.9 Å². The quantitative estimate of drug-likeness (QED) is 0.506. The molecule has 0 aliphatic carbocycles. The Labute approximate surface area is 152 Å². The van der Waals surface area contributed by atoms with Crippen molar-refractivity contribution in [3.05, 3.63) is 57.8 Å². The van der Waals surface area contributed by atoms with Gasteiger partial charge in [0, 0.05) is 5.56 Å². The van der Waals surface area contributed by atoms with Crippen LogP contribution < -0.4 is 4.80 Å². The first-order valence-electron chi connectivity index (χ1n) is 7.62. The Bertz CT molecular complexity index is 1220. The third-order valence-electron chi connectivity index (χ3n) is 3.93. The number of terminal acetylenes is 1. The number of fused-ring (bicyclic) bond motifs is 2. The molecule has 0 atom stereocenters. The summed E-state index contributed by atoms with van der Waals surface area (Å²) in [7, 11) is 0. The second-order valence-electron chi connectivity index (χ2n) is 5.55. The maximum Gasteiger partial charge on any atom is 0.279 e. The molecule has 2 aromatic carbocycles. The first-order valence-corrected chi connectivity index (χ1v) is 9.32. The van der Waals surface area contributed by atoms with Gasteiger partial charge < -0.3 is 4.57 Å². The summed E-state index contributed by atoms with van der Waals surface area (Å²) in [5, 5.41) is 0. The molecule has 0 saturated heterocycles. The molecule has 122 valence electrons. The highest BCUT2D eigenvalue weighted by Gasteiger charge is 2.11. The largest absolute Gasteiger partial charge is 0.304 e. The van der Waals surface area contributed by atoms with Crippen LogP contribution in [0.3, 0.4) is 0 Å². The number of para-hydroxylation sites is 1. The van der Waals surface area contributed by atoms with E-state index in [1.165, 1.54) is 22.7 Å². The zero-order valence-corrected chi connectivity index (χ0v) is 15.0. The second kappa shape index (κ2) is 6.28. The fourth-order valence-corrected chi connectivity index (χ4v) is 4.59. The SMILES string of the molecule is C#CCn1c(=NC(=O)c2ccc3ncsc3c2)sc2cccc(C)c21. The molecule has 0 saturated carbocycles. The van der Waals surface area contributed by atoms with Crippen LogP contribution in [0.5, 0.6) is 0 Å². The molecule has 1 amide bonds. The Morgan fingerprint density at radius 2 is 2.20 bits per heavy atom. The smallest absolute Gasteiger partial charge is 0.279 e. The van der Waals surface area contributed by atoms with Crippen molar-refractivity contribution in [1.29, 1.82) is 0 Å². The van der Waals surface area contributed by atoms with E-state index < -0.39 is 0 Å². The molecular formula is C19H13N3OS2. The fourth-order valence-electron chi connectivity index (χ4n) is 2.77. The van der Waals surface area contributed by atoms with Crippen molar-refractivity contribution >= 4 is 49.0 Å². The lowest BCUT2D eigenvalue weighted by Gasteiger charge is -2.02. The summed E-state index contributed by atoms with van der Waals surface area (Å²) in [6.07, 6.45) is 5.52. The Morgan fingerprint density at radius 1 is 1.32 bits per heavy atom. The van der Waals surface area contributed by atoms with E-state index in [2.05, 4.69) is 15.9 Å². The Balaban J connectivity index is 1.87. The van der Waals surface area contributed by atoms with Crippen LogP contribution in [-0.4, -0.2) is 15.5 Å². The molecule has 0 N–H and O–H groups in total. The highest BCUT2D eigenvalue weighted by Crippen LogP contribution is 2.22. The van der Waals surface area contributed by atoms with Crippen molar-refractivity contribution in [2.75, 3.05) is 0 Å². The van der Waals surface area contributed by atoms with Gasteiger partial charge in [0.15, 0.2) is 4.80 Å². The number of amides is 1. The van der Waals surface area contributed by atoms with Gasteiger partial charge in [-0.3, -0.25) is 4.79 Å². The van der Waals surface area contributed by atoms with Crippen molar-refractivity contribution < 1.29 is 4.79 Å².